The summed E-state index contributed by atoms with van der Waals surface area (Å²) in [5, 5.41) is 3.00. The first-order chi connectivity index (χ1) is 6.27. The Balaban J connectivity index is 1.92. The molecule has 0 aromatic heterocycles. The zero-order valence-electron chi connectivity index (χ0n) is 8.25. The van der Waals surface area contributed by atoms with Gasteiger partial charge >= 0.3 is 0 Å². The second-order valence-corrected chi connectivity index (χ2v) is 4.30. The highest BCUT2D eigenvalue weighted by molar-refractivity contribution is 5.79. The molecule has 2 heterocycles. The Labute approximate surface area is 79.5 Å². The highest BCUT2D eigenvalue weighted by Gasteiger charge is 2.36. The molecule has 3 nitrogen and oxygen atoms in total. The largest absolute Gasteiger partial charge is 0.356 e. The van der Waals surface area contributed by atoms with Crippen LogP contribution < -0.4 is 5.32 Å². The van der Waals surface area contributed by atoms with Crippen molar-refractivity contribution in [1.82, 2.24) is 10.2 Å². The van der Waals surface area contributed by atoms with Crippen LogP contribution in [0, 0.1) is 5.92 Å². The topological polar surface area (TPSA) is 32.3 Å². The number of hydrogen-bond acceptors (Lipinski definition) is 2. The number of carbonyl (C=O) groups excluding carboxylic acids is 1. The third-order valence-corrected chi connectivity index (χ3v) is 3.34. The lowest BCUT2D eigenvalue weighted by atomic mass is 9.78. The quantitative estimate of drug-likeness (QED) is 0.595. The summed E-state index contributed by atoms with van der Waals surface area (Å²) >= 11 is 0. The summed E-state index contributed by atoms with van der Waals surface area (Å²) in [7, 11) is 2.18. The van der Waals surface area contributed by atoms with Gasteiger partial charge in [-0.3, -0.25) is 4.79 Å². The van der Waals surface area contributed by atoms with E-state index in [-0.39, 0.29) is 5.91 Å². The van der Waals surface area contributed by atoms with Crippen molar-refractivity contribution in [2.24, 2.45) is 5.92 Å². The summed E-state index contributed by atoms with van der Waals surface area (Å²) < 4.78 is 0. The van der Waals surface area contributed by atoms with Gasteiger partial charge in [0.15, 0.2) is 0 Å². The van der Waals surface area contributed by atoms with E-state index in [0.29, 0.717) is 12.0 Å². The zero-order valence-corrected chi connectivity index (χ0v) is 8.25. The molecule has 0 aromatic rings. The molecule has 2 bridgehead atoms. The Morgan fingerprint density at radius 1 is 1.38 bits per heavy atom. The van der Waals surface area contributed by atoms with Gasteiger partial charge in [-0.25, -0.2) is 0 Å². The molecule has 13 heavy (non-hydrogen) atoms. The van der Waals surface area contributed by atoms with E-state index in [9.17, 15) is 4.79 Å². The van der Waals surface area contributed by atoms with Crippen LogP contribution in [-0.2, 0) is 4.79 Å². The van der Waals surface area contributed by atoms with Crippen LogP contribution >= 0.6 is 0 Å². The molecule has 1 aliphatic carbocycles. The number of fused-ring (bicyclic) bond motifs is 6. The molecule has 2 saturated heterocycles. The third-order valence-electron chi connectivity index (χ3n) is 3.34. The molecular weight excluding hydrogens is 164 g/mol. The monoisotopic (exact) mass is 182 g/mol. The van der Waals surface area contributed by atoms with Crippen molar-refractivity contribution >= 4 is 5.91 Å². The van der Waals surface area contributed by atoms with E-state index in [4.69, 9.17) is 0 Å². The SMILES string of the molecule is CN1CCCCNC(=O)C2CC1C2. The van der Waals surface area contributed by atoms with Crippen molar-refractivity contribution in [2.75, 3.05) is 20.1 Å². The Hall–Kier alpha value is -0.570. The van der Waals surface area contributed by atoms with Crippen molar-refractivity contribution in [3.8, 4) is 0 Å². The molecule has 1 amide bonds. The Morgan fingerprint density at radius 3 is 2.92 bits per heavy atom. The molecule has 0 radical (unpaired) electrons. The van der Waals surface area contributed by atoms with Crippen LogP contribution in [0.3, 0.4) is 0 Å². The first-order valence-corrected chi connectivity index (χ1v) is 5.25. The zero-order chi connectivity index (χ0) is 9.26. The molecule has 0 atom stereocenters. The second-order valence-electron chi connectivity index (χ2n) is 4.30. The second kappa shape index (κ2) is 3.66. The fourth-order valence-corrected chi connectivity index (χ4v) is 2.19. The Morgan fingerprint density at radius 2 is 2.15 bits per heavy atom. The molecule has 1 N–H and O–H groups in total. The van der Waals surface area contributed by atoms with Crippen molar-refractivity contribution in [1.29, 1.82) is 0 Å². The first kappa shape index (κ1) is 9.00. The van der Waals surface area contributed by atoms with Crippen molar-refractivity contribution in [3.63, 3.8) is 0 Å². The lowest BCUT2D eigenvalue weighted by Crippen LogP contribution is -2.49. The van der Waals surface area contributed by atoms with Crippen LogP contribution in [0.2, 0.25) is 0 Å². The van der Waals surface area contributed by atoms with E-state index in [0.717, 1.165) is 25.8 Å². The standard InChI is InChI=1S/C10H18N2O/c1-12-5-3-2-4-11-10(13)8-6-9(12)7-8/h8-9H,2-7H2,1H3,(H,11,13). The summed E-state index contributed by atoms with van der Waals surface area (Å²) in [6.45, 7) is 2.06. The number of carbonyl (C=O) groups is 1. The summed E-state index contributed by atoms with van der Waals surface area (Å²) in [5.74, 6) is 0.595. The molecule has 0 aromatic carbocycles. The molecule has 0 unspecified atom stereocenters. The maximum Gasteiger partial charge on any atom is 0.223 e. The minimum atomic E-state index is 0.284. The van der Waals surface area contributed by atoms with Crippen LogP contribution in [-0.4, -0.2) is 37.0 Å². The fraction of sp³-hybridized carbons (Fsp3) is 0.900. The molecular formula is C10H18N2O. The van der Waals surface area contributed by atoms with E-state index < -0.39 is 0 Å². The van der Waals surface area contributed by atoms with Gasteiger partial charge in [-0.15, -0.1) is 0 Å². The Bertz CT molecular complexity index is 199. The van der Waals surface area contributed by atoms with Crippen LogP contribution in [0.4, 0.5) is 0 Å². The van der Waals surface area contributed by atoms with E-state index in [1.807, 2.05) is 0 Å². The summed E-state index contributed by atoms with van der Waals surface area (Å²) in [6, 6.07) is 0.675. The van der Waals surface area contributed by atoms with Gasteiger partial charge in [-0.05, 0) is 39.3 Å². The predicted molar refractivity (Wildman–Crippen MR) is 51.4 cm³/mol. The van der Waals surface area contributed by atoms with Crippen molar-refractivity contribution in [3.05, 3.63) is 0 Å². The summed E-state index contributed by atoms with van der Waals surface area (Å²) in [4.78, 5) is 13.9. The molecule has 74 valence electrons. The lowest BCUT2D eigenvalue weighted by Gasteiger charge is -2.41. The molecule has 3 rings (SSSR count). The van der Waals surface area contributed by atoms with E-state index >= 15 is 0 Å². The average molecular weight is 182 g/mol. The third kappa shape index (κ3) is 1.85. The van der Waals surface area contributed by atoms with Crippen LogP contribution in [0.5, 0.6) is 0 Å². The molecule has 3 heteroatoms. The smallest absolute Gasteiger partial charge is 0.223 e. The van der Waals surface area contributed by atoms with Crippen molar-refractivity contribution in [2.45, 2.75) is 31.7 Å². The maximum atomic E-state index is 11.4. The summed E-state index contributed by atoms with van der Waals surface area (Å²) in [5.41, 5.74) is 0. The fourth-order valence-electron chi connectivity index (χ4n) is 2.19. The van der Waals surface area contributed by atoms with Gasteiger partial charge in [-0.1, -0.05) is 0 Å². The number of rotatable bonds is 0. The number of amides is 1. The van der Waals surface area contributed by atoms with E-state index in [1.165, 1.54) is 13.0 Å². The average Bonchev–Trinajstić information content (AvgIpc) is 2.01. The predicted octanol–water partition coefficient (Wildman–Crippen LogP) is 0.607. The van der Waals surface area contributed by atoms with Crippen molar-refractivity contribution < 1.29 is 4.79 Å². The van der Waals surface area contributed by atoms with Crippen LogP contribution in [0.15, 0.2) is 0 Å². The van der Waals surface area contributed by atoms with Gasteiger partial charge in [0, 0.05) is 18.5 Å². The van der Waals surface area contributed by atoms with Gasteiger partial charge in [0.05, 0.1) is 0 Å². The molecule has 0 spiro atoms. The lowest BCUT2D eigenvalue weighted by molar-refractivity contribution is -0.129. The van der Waals surface area contributed by atoms with Gasteiger partial charge in [0.1, 0.15) is 0 Å². The molecule has 1 saturated carbocycles. The van der Waals surface area contributed by atoms with Gasteiger partial charge < -0.3 is 10.2 Å². The van der Waals surface area contributed by atoms with E-state index in [2.05, 4.69) is 17.3 Å². The van der Waals surface area contributed by atoms with Crippen LogP contribution in [0.25, 0.3) is 0 Å². The number of nitrogens with zero attached hydrogens (tertiary/aromatic N) is 1. The van der Waals surface area contributed by atoms with E-state index in [1.54, 1.807) is 0 Å². The van der Waals surface area contributed by atoms with Gasteiger partial charge in [0.2, 0.25) is 5.91 Å². The minimum absolute atomic E-state index is 0.284. The highest BCUT2D eigenvalue weighted by atomic mass is 16.1. The molecule has 3 fully saturated rings. The number of hydrogen-bond donors (Lipinski definition) is 1. The maximum absolute atomic E-state index is 11.4. The van der Waals surface area contributed by atoms with Gasteiger partial charge in [0.25, 0.3) is 0 Å². The molecule has 3 aliphatic rings. The highest BCUT2D eigenvalue weighted by Crippen LogP contribution is 2.31. The normalized spacial score (nSPS) is 36.2. The van der Waals surface area contributed by atoms with Crippen LogP contribution in [0.1, 0.15) is 25.7 Å². The molecule has 2 aliphatic heterocycles. The first-order valence-electron chi connectivity index (χ1n) is 5.25. The summed E-state index contributed by atoms with van der Waals surface area (Å²) in [6.07, 6.45) is 4.47. The Kier molecular flexibility index (Phi) is 2.54. The minimum Gasteiger partial charge on any atom is -0.356 e. The van der Waals surface area contributed by atoms with Gasteiger partial charge in [-0.2, -0.15) is 0 Å². The number of nitrogens with one attached hydrogen (secondary N) is 1.